The van der Waals surface area contributed by atoms with Crippen LogP contribution in [-0.2, 0) is 12.3 Å². The summed E-state index contributed by atoms with van der Waals surface area (Å²) in [6.07, 6.45) is 9.50. The molecular weight excluding hydrogens is 605 g/mol. The highest BCUT2D eigenvalue weighted by Crippen LogP contribution is 2.33. The number of ether oxygens (including phenoxy) is 2. The largest absolute Gasteiger partial charge is 0.494 e. The van der Waals surface area contributed by atoms with Crippen LogP contribution in [-0.4, -0.2) is 46.3 Å². The molecule has 0 amide bonds. The number of esters is 1. The zero-order chi connectivity index (χ0) is 31.7. The molecule has 2 aromatic rings. The fraction of sp³-hybridized carbons (Fsp3) is 0.606. The Morgan fingerprint density at radius 2 is 1.26 bits per heavy atom. The molecule has 43 heavy (non-hydrogen) atoms. The van der Waals surface area contributed by atoms with Gasteiger partial charge in [-0.25, -0.2) is 4.79 Å². The van der Waals surface area contributed by atoms with Gasteiger partial charge in [0.2, 0.25) is 0 Å². The SMILES string of the molecule is C[Si](C)(C)O[Si](C)(C)O[Si](C)(CCCCCOc1ccc(C(=O)Oc2ccc(C3CCCCC3)cc2)cc1)O[Si](C)(C)C. The van der Waals surface area contributed by atoms with Gasteiger partial charge in [0.05, 0.1) is 12.2 Å². The summed E-state index contributed by atoms with van der Waals surface area (Å²) < 4.78 is 31.6. The van der Waals surface area contributed by atoms with Crippen molar-refractivity contribution in [2.45, 2.75) is 122 Å². The van der Waals surface area contributed by atoms with E-state index in [0.29, 0.717) is 23.8 Å². The van der Waals surface area contributed by atoms with Crippen LogP contribution in [0, 0.1) is 0 Å². The van der Waals surface area contributed by atoms with Crippen molar-refractivity contribution in [3.63, 3.8) is 0 Å². The van der Waals surface area contributed by atoms with Crippen molar-refractivity contribution < 1.29 is 26.6 Å². The van der Waals surface area contributed by atoms with Gasteiger partial charge in [-0.05, 0) is 132 Å². The Morgan fingerprint density at radius 3 is 1.84 bits per heavy atom. The van der Waals surface area contributed by atoms with Crippen molar-refractivity contribution in [3.05, 3.63) is 59.7 Å². The summed E-state index contributed by atoms with van der Waals surface area (Å²) in [5, 5.41) is 0. The lowest BCUT2D eigenvalue weighted by Gasteiger charge is -2.41. The minimum absolute atomic E-state index is 0.353. The standard InChI is InChI=1S/C33H56O6Si4/c1-40(2,3)37-42(7,8)39-43(9,38-41(4,5)6)27-15-11-14-26-35-31-22-20-30(21-23-31)33(34)36-32-24-18-29(19-25-32)28-16-12-10-13-17-28/h18-25,28H,10-17,26-27H2,1-9H3. The molecule has 0 aliphatic heterocycles. The smallest absolute Gasteiger partial charge is 0.343 e. The van der Waals surface area contributed by atoms with Crippen LogP contribution in [0.2, 0.25) is 65.0 Å². The Labute approximate surface area is 265 Å². The molecule has 0 aromatic heterocycles. The van der Waals surface area contributed by atoms with Crippen molar-refractivity contribution >= 4 is 39.7 Å². The van der Waals surface area contributed by atoms with Gasteiger partial charge in [-0.3, -0.25) is 0 Å². The quantitative estimate of drug-likeness (QED) is 0.0773. The monoisotopic (exact) mass is 660 g/mol. The summed E-state index contributed by atoms with van der Waals surface area (Å²) in [6.45, 7) is 20.6. The Hall–Kier alpha value is -1.54. The third-order valence-electron chi connectivity index (χ3n) is 7.34. The van der Waals surface area contributed by atoms with E-state index in [2.05, 4.69) is 71.1 Å². The van der Waals surface area contributed by atoms with E-state index in [1.54, 1.807) is 12.1 Å². The minimum Gasteiger partial charge on any atom is -0.494 e. The van der Waals surface area contributed by atoms with Crippen LogP contribution in [0.3, 0.4) is 0 Å². The molecule has 1 saturated carbocycles. The lowest BCUT2D eigenvalue weighted by Crippen LogP contribution is -2.56. The zero-order valence-electron chi connectivity index (χ0n) is 28.2. The molecule has 1 unspecified atom stereocenters. The first kappa shape index (κ1) is 35.9. The zero-order valence-corrected chi connectivity index (χ0v) is 32.2. The summed E-state index contributed by atoms with van der Waals surface area (Å²) in [6, 6.07) is 16.2. The first-order valence-corrected chi connectivity index (χ1v) is 28.3. The molecule has 0 heterocycles. The van der Waals surface area contributed by atoms with Gasteiger partial charge in [0, 0.05) is 0 Å². The molecule has 2 aromatic carbocycles. The second-order valence-corrected chi connectivity index (χ2v) is 31.0. The van der Waals surface area contributed by atoms with E-state index in [-0.39, 0.29) is 5.97 Å². The average molecular weight is 661 g/mol. The Kier molecular flexibility index (Phi) is 13.1. The Balaban J connectivity index is 1.41. The molecule has 1 fully saturated rings. The lowest BCUT2D eigenvalue weighted by molar-refractivity contribution is 0.0734. The number of rotatable bonds is 16. The second-order valence-electron chi connectivity index (χ2n) is 14.5. The van der Waals surface area contributed by atoms with Gasteiger partial charge < -0.3 is 21.8 Å². The van der Waals surface area contributed by atoms with E-state index in [1.807, 2.05) is 24.3 Å². The van der Waals surface area contributed by atoms with Crippen LogP contribution in [0.5, 0.6) is 11.5 Å². The van der Waals surface area contributed by atoms with Crippen LogP contribution in [0.1, 0.15) is 73.2 Å². The third-order valence-corrected chi connectivity index (χ3v) is 20.9. The van der Waals surface area contributed by atoms with Crippen molar-refractivity contribution in [2.24, 2.45) is 0 Å². The molecule has 6 nitrogen and oxygen atoms in total. The maximum Gasteiger partial charge on any atom is 0.343 e. The van der Waals surface area contributed by atoms with Crippen molar-refractivity contribution in [2.75, 3.05) is 6.61 Å². The summed E-state index contributed by atoms with van der Waals surface area (Å²) in [4.78, 5) is 12.7. The van der Waals surface area contributed by atoms with E-state index < -0.39 is 33.8 Å². The summed E-state index contributed by atoms with van der Waals surface area (Å²) in [5.41, 5.74) is 1.86. The molecule has 0 bridgehead atoms. The maximum atomic E-state index is 12.7. The van der Waals surface area contributed by atoms with E-state index in [0.717, 1.165) is 31.1 Å². The molecule has 1 aliphatic carbocycles. The number of hydrogen-bond acceptors (Lipinski definition) is 6. The molecule has 1 aliphatic rings. The lowest BCUT2D eigenvalue weighted by atomic mass is 9.84. The summed E-state index contributed by atoms with van der Waals surface area (Å²) in [7, 11) is -8.09. The molecule has 0 spiro atoms. The van der Waals surface area contributed by atoms with Crippen LogP contribution in [0.4, 0.5) is 0 Å². The second kappa shape index (κ2) is 15.6. The number of carbonyl (C=O) groups excluding carboxylic acids is 1. The van der Waals surface area contributed by atoms with E-state index >= 15 is 0 Å². The van der Waals surface area contributed by atoms with Crippen molar-refractivity contribution in [1.29, 1.82) is 0 Å². The maximum absolute atomic E-state index is 12.7. The molecule has 0 radical (unpaired) electrons. The Bertz CT molecular complexity index is 1140. The topological polar surface area (TPSA) is 63.2 Å². The number of benzene rings is 2. The number of unbranched alkanes of at least 4 members (excludes halogenated alkanes) is 2. The van der Waals surface area contributed by atoms with Gasteiger partial charge >= 0.3 is 23.1 Å². The predicted molar refractivity (Wildman–Crippen MR) is 187 cm³/mol. The first-order chi connectivity index (χ1) is 20.0. The molecule has 0 N–H and O–H groups in total. The molecule has 10 heteroatoms. The number of hydrogen-bond donors (Lipinski definition) is 0. The van der Waals surface area contributed by atoms with Crippen molar-refractivity contribution in [1.82, 2.24) is 0 Å². The Morgan fingerprint density at radius 1 is 0.674 bits per heavy atom. The highest BCUT2D eigenvalue weighted by Gasteiger charge is 2.44. The highest BCUT2D eigenvalue weighted by molar-refractivity contribution is 6.89. The minimum atomic E-state index is -2.36. The highest BCUT2D eigenvalue weighted by atomic mass is 28.5. The van der Waals surface area contributed by atoms with Gasteiger partial charge in [-0.1, -0.05) is 44.2 Å². The van der Waals surface area contributed by atoms with Crippen LogP contribution in [0.25, 0.3) is 0 Å². The first-order valence-electron chi connectivity index (χ1n) is 16.2. The summed E-state index contributed by atoms with van der Waals surface area (Å²) >= 11 is 0. The molecular formula is C33H56O6Si4. The van der Waals surface area contributed by atoms with Crippen LogP contribution in [0.15, 0.2) is 48.5 Å². The van der Waals surface area contributed by atoms with E-state index in [1.165, 1.54) is 37.7 Å². The van der Waals surface area contributed by atoms with Gasteiger partial charge in [0.1, 0.15) is 11.5 Å². The average Bonchev–Trinajstić information content (AvgIpc) is 2.89. The molecule has 0 saturated heterocycles. The van der Waals surface area contributed by atoms with Crippen molar-refractivity contribution in [3.8, 4) is 11.5 Å². The van der Waals surface area contributed by atoms with Gasteiger partial charge in [0.25, 0.3) is 0 Å². The fourth-order valence-corrected chi connectivity index (χ4v) is 24.1. The summed E-state index contributed by atoms with van der Waals surface area (Å²) in [5.74, 6) is 1.63. The van der Waals surface area contributed by atoms with Gasteiger partial charge in [-0.15, -0.1) is 0 Å². The normalized spacial score (nSPS) is 16.5. The molecule has 240 valence electrons. The predicted octanol–water partition coefficient (Wildman–Crippen LogP) is 10.00. The van der Waals surface area contributed by atoms with E-state index in [4.69, 9.17) is 21.8 Å². The van der Waals surface area contributed by atoms with E-state index in [9.17, 15) is 4.79 Å². The van der Waals surface area contributed by atoms with Crippen LogP contribution < -0.4 is 9.47 Å². The van der Waals surface area contributed by atoms with Gasteiger partial charge in [-0.2, -0.15) is 0 Å². The molecule has 3 rings (SSSR count). The fourth-order valence-electron chi connectivity index (χ4n) is 6.06. The number of carbonyl (C=O) groups is 1. The molecule has 1 atom stereocenters. The van der Waals surface area contributed by atoms with Crippen LogP contribution >= 0.6 is 0 Å². The van der Waals surface area contributed by atoms with Gasteiger partial charge in [0.15, 0.2) is 16.6 Å². The third kappa shape index (κ3) is 13.5.